The molecule has 5 heteroatoms. The Morgan fingerprint density at radius 3 is 2.62 bits per heavy atom. The van der Waals surface area contributed by atoms with Crippen molar-refractivity contribution in [3.8, 4) is 11.5 Å². The fraction of sp³-hybridized carbons (Fsp3) is 0. The van der Waals surface area contributed by atoms with Gasteiger partial charge in [0.1, 0.15) is 0 Å². The molecule has 4 nitrogen and oxygen atoms in total. The van der Waals surface area contributed by atoms with E-state index in [1.165, 1.54) is 0 Å². The molecule has 0 saturated heterocycles. The molecule has 0 bridgehead atoms. The van der Waals surface area contributed by atoms with Gasteiger partial charge in [-0.2, -0.15) is 4.98 Å². The second kappa shape index (κ2) is 7.33. The van der Waals surface area contributed by atoms with Crippen molar-refractivity contribution in [1.82, 2.24) is 9.97 Å². The van der Waals surface area contributed by atoms with E-state index >= 15 is 0 Å². The van der Waals surface area contributed by atoms with Crippen molar-refractivity contribution in [3.63, 3.8) is 0 Å². The van der Waals surface area contributed by atoms with Gasteiger partial charge in [-0.25, -0.2) is 4.98 Å². The molecule has 2 aromatic heterocycles. The van der Waals surface area contributed by atoms with E-state index in [0.717, 1.165) is 16.8 Å². The molecule has 0 atom stereocenters. The van der Waals surface area contributed by atoms with Crippen LogP contribution >= 0.6 is 11.6 Å². The quantitative estimate of drug-likeness (QED) is 0.422. The van der Waals surface area contributed by atoms with Gasteiger partial charge >= 0.3 is 0 Å². The first-order valence-electron chi connectivity index (χ1n) is 8.07. The zero-order valence-corrected chi connectivity index (χ0v) is 14.5. The van der Waals surface area contributed by atoms with Crippen molar-refractivity contribution >= 4 is 40.8 Å². The molecule has 0 saturated carbocycles. The second-order valence-corrected chi connectivity index (χ2v) is 5.96. The first-order valence-corrected chi connectivity index (χ1v) is 8.45. The minimum atomic E-state index is 0.549. The van der Waals surface area contributed by atoms with Gasteiger partial charge in [0.15, 0.2) is 11.2 Å². The van der Waals surface area contributed by atoms with Gasteiger partial charge in [0.25, 0.3) is 0 Å². The van der Waals surface area contributed by atoms with E-state index in [-0.39, 0.29) is 0 Å². The Balaban J connectivity index is 1.48. The predicted molar refractivity (Wildman–Crippen MR) is 106 cm³/mol. The van der Waals surface area contributed by atoms with Gasteiger partial charge in [-0.3, -0.25) is 4.99 Å². The molecular weight excluding hydrogens is 346 g/mol. The summed E-state index contributed by atoms with van der Waals surface area (Å²) in [5.41, 5.74) is 3.96. The Hall–Kier alpha value is -3.24. The Morgan fingerprint density at radius 2 is 1.81 bits per heavy atom. The number of benzene rings is 2. The highest BCUT2D eigenvalue weighted by atomic mass is 35.5. The van der Waals surface area contributed by atoms with E-state index in [4.69, 9.17) is 16.0 Å². The van der Waals surface area contributed by atoms with Gasteiger partial charge < -0.3 is 4.42 Å². The number of rotatable bonds is 4. The molecule has 0 amide bonds. The Kier molecular flexibility index (Phi) is 4.58. The maximum atomic E-state index is 6.11. The van der Waals surface area contributed by atoms with Crippen LogP contribution in [0, 0.1) is 0 Å². The molecule has 4 rings (SSSR count). The lowest BCUT2D eigenvalue weighted by Gasteiger charge is -1.96. The highest BCUT2D eigenvalue weighted by molar-refractivity contribution is 6.32. The zero-order chi connectivity index (χ0) is 17.8. The van der Waals surface area contributed by atoms with Crippen LogP contribution in [0.2, 0.25) is 5.02 Å². The monoisotopic (exact) mass is 359 g/mol. The second-order valence-electron chi connectivity index (χ2n) is 5.55. The maximum Gasteiger partial charge on any atom is 0.228 e. The van der Waals surface area contributed by atoms with E-state index in [1.54, 1.807) is 12.4 Å². The van der Waals surface area contributed by atoms with Crippen LogP contribution in [0.5, 0.6) is 0 Å². The summed E-state index contributed by atoms with van der Waals surface area (Å²) in [5.74, 6) is 0.549. The van der Waals surface area contributed by atoms with E-state index in [2.05, 4.69) is 15.0 Å². The third-order valence-corrected chi connectivity index (χ3v) is 4.11. The number of allylic oxidation sites excluding steroid dienone is 1. The summed E-state index contributed by atoms with van der Waals surface area (Å²) in [4.78, 5) is 13.0. The number of nitrogens with zero attached hydrogens (tertiary/aromatic N) is 3. The molecule has 26 heavy (non-hydrogen) atoms. The molecule has 0 aliphatic heterocycles. The lowest BCUT2D eigenvalue weighted by atomic mass is 10.2. The van der Waals surface area contributed by atoms with Crippen molar-refractivity contribution in [2.24, 2.45) is 4.99 Å². The van der Waals surface area contributed by atoms with Gasteiger partial charge in [0.2, 0.25) is 5.89 Å². The maximum absolute atomic E-state index is 6.11. The van der Waals surface area contributed by atoms with Crippen molar-refractivity contribution in [2.45, 2.75) is 0 Å². The number of aliphatic imine (C=N–C) groups is 1. The molecule has 0 radical (unpaired) electrons. The molecule has 0 unspecified atom stereocenters. The van der Waals surface area contributed by atoms with Crippen LogP contribution in [0.1, 0.15) is 5.56 Å². The highest BCUT2D eigenvalue weighted by Crippen LogP contribution is 2.25. The summed E-state index contributed by atoms with van der Waals surface area (Å²) in [6.07, 6.45) is 7.22. The number of halogens is 1. The van der Waals surface area contributed by atoms with E-state index < -0.39 is 0 Å². The fourth-order valence-corrected chi connectivity index (χ4v) is 2.67. The SMILES string of the molecule is Clc1ccccc1C=CC=Nc1ccc(-c2nc3ncccc3o2)cc1. The van der Waals surface area contributed by atoms with Crippen molar-refractivity contribution in [3.05, 3.63) is 83.5 Å². The summed E-state index contributed by atoms with van der Waals surface area (Å²) >= 11 is 6.11. The van der Waals surface area contributed by atoms with E-state index in [9.17, 15) is 0 Å². The van der Waals surface area contributed by atoms with Crippen LogP contribution in [0.15, 0.2) is 82.3 Å². The van der Waals surface area contributed by atoms with E-state index in [1.807, 2.05) is 72.8 Å². The van der Waals surface area contributed by atoms with Gasteiger partial charge in [-0.1, -0.05) is 35.9 Å². The Bertz CT molecular complexity index is 1060. The van der Waals surface area contributed by atoms with E-state index in [0.29, 0.717) is 22.1 Å². The number of pyridine rings is 1. The molecule has 4 aromatic rings. The summed E-state index contributed by atoms with van der Waals surface area (Å²) in [5, 5.41) is 0.717. The topological polar surface area (TPSA) is 51.3 Å². The van der Waals surface area contributed by atoms with Crippen LogP contribution in [0.25, 0.3) is 28.8 Å². The molecule has 2 heterocycles. The highest BCUT2D eigenvalue weighted by Gasteiger charge is 2.08. The Morgan fingerprint density at radius 1 is 0.962 bits per heavy atom. The molecule has 2 aromatic carbocycles. The zero-order valence-electron chi connectivity index (χ0n) is 13.7. The molecule has 0 N–H and O–H groups in total. The molecule has 0 aliphatic carbocycles. The molecule has 0 aliphatic rings. The molecule has 0 fully saturated rings. The van der Waals surface area contributed by atoms with Crippen LogP contribution in [0.4, 0.5) is 5.69 Å². The fourth-order valence-electron chi connectivity index (χ4n) is 2.47. The number of hydrogen-bond acceptors (Lipinski definition) is 4. The normalized spacial score (nSPS) is 11.7. The Labute approximate surface area is 155 Å². The predicted octanol–water partition coefficient (Wildman–Crippen LogP) is 5.96. The summed E-state index contributed by atoms with van der Waals surface area (Å²) in [6, 6.07) is 19.0. The van der Waals surface area contributed by atoms with Gasteiger partial charge in [0.05, 0.1) is 5.69 Å². The van der Waals surface area contributed by atoms with Crippen LogP contribution in [0.3, 0.4) is 0 Å². The molecular formula is C21H14ClN3O. The number of hydrogen-bond donors (Lipinski definition) is 0. The van der Waals surface area contributed by atoms with Crippen LogP contribution in [-0.2, 0) is 0 Å². The smallest absolute Gasteiger partial charge is 0.228 e. The minimum Gasteiger partial charge on any atom is -0.434 e. The summed E-state index contributed by atoms with van der Waals surface area (Å²) in [7, 11) is 0. The summed E-state index contributed by atoms with van der Waals surface area (Å²) < 4.78 is 5.72. The lowest BCUT2D eigenvalue weighted by Crippen LogP contribution is -1.77. The van der Waals surface area contributed by atoms with Gasteiger partial charge in [-0.05, 0) is 54.1 Å². The molecule has 0 spiro atoms. The van der Waals surface area contributed by atoms with Crippen molar-refractivity contribution in [2.75, 3.05) is 0 Å². The third kappa shape index (κ3) is 3.55. The van der Waals surface area contributed by atoms with Crippen molar-refractivity contribution in [1.29, 1.82) is 0 Å². The lowest BCUT2D eigenvalue weighted by molar-refractivity contribution is 0.619. The standard InChI is InChI=1S/C21H14ClN3O/c22-18-7-2-1-5-15(18)6-3-13-23-17-11-9-16(10-12-17)21-25-20-19(26-21)8-4-14-24-20/h1-14H. The first kappa shape index (κ1) is 16.2. The third-order valence-electron chi connectivity index (χ3n) is 3.77. The average Bonchev–Trinajstić information content (AvgIpc) is 3.11. The number of aromatic nitrogens is 2. The summed E-state index contributed by atoms with van der Waals surface area (Å²) in [6.45, 7) is 0. The minimum absolute atomic E-state index is 0.549. The first-order chi connectivity index (χ1) is 12.8. The van der Waals surface area contributed by atoms with Crippen molar-refractivity contribution < 1.29 is 4.42 Å². The van der Waals surface area contributed by atoms with Crippen LogP contribution < -0.4 is 0 Å². The largest absolute Gasteiger partial charge is 0.434 e. The van der Waals surface area contributed by atoms with Gasteiger partial charge in [-0.15, -0.1) is 0 Å². The number of fused-ring (bicyclic) bond motifs is 1. The average molecular weight is 360 g/mol. The number of oxazole rings is 1. The van der Waals surface area contributed by atoms with Crippen LogP contribution in [-0.4, -0.2) is 16.2 Å². The van der Waals surface area contributed by atoms with Gasteiger partial charge in [0, 0.05) is 23.0 Å². The molecule has 126 valence electrons.